The Hall–Kier alpha value is -0.180. The number of carbonyl (C=O) groups excluding carboxylic acids is 1. The van der Waals surface area contributed by atoms with Gasteiger partial charge in [-0.3, -0.25) is 9.52 Å². The highest BCUT2D eigenvalue weighted by molar-refractivity contribution is 7.98. The lowest BCUT2D eigenvalue weighted by Crippen LogP contribution is -2.19. The highest BCUT2D eigenvalue weighted by Gasteiger charge is 2.29. The van der Waals surface area contributed by atoms with Gasteiger partial charge in [-0.15, -0.1) is 0 Å². The van der Waals surface area contributed by atoms with Crippen LogP contribution in [0.5, 0.6) is 0 Å². The third-order valence-electron chi connectivity index (χ3n) is 1.34. The van der Waals surface area contributed by atoms with Gasteiger partial charge in [0.2, 0.25) is 5.91 Å². The van der Waals surface area contributed by atoms with Gasteiger partial charge in [0.1, 0.15) is 0 Å². The predicted molar refractivity (Wildman–Crippen MR) is 43.6 cm³/mol. The van der Waals surface area contributed by atoms with Gasteiger partial charge in [0.25, 0.3) is 0 Å². The molecule has 0 radical (unpaired) electrons. The molecule has 0 aromatic heterocycles. The van der Waals surface area contributed by atoms with Gasteiger partial charge in [-0.05, 0) is 24.8 Å². The summed E-state index contributed by atoms with van der Waals surface area (Å²) < 4.78 is 2.82. The molecule has 0 bridgehead atoms. The van der Waals surface area contributed by atoms with Crippen LogP contribution in [0.2, 0.25) is 0 Å². The Morgan fingerprint density at radius 2 is 2.20 bits per heavy atom. The molecule has 0 unspecified atom stereocenters. The Bertz CT molecular complexity index is 132. The SMILES string of the molecule is CC(C)SNC(=O)C1CC1. The summed E-state index contributed by atoms with van der Waals surface area (Å²) in [6, 6.07) is 0. The number of hydrogen-bond acceptors (Lipinski definition) is 2. The van der Waals surface area contributed by atoms with E-state index in [2.05, 4.69) is 18.6 Å². The van der Waals surface area contributed by atoms with Crippen LogP contribution in [-0.4, -0.2) is 11.2 Å². The van der Waals surface area contributed by atoms with Crippen molar-refractivity contribution < 1.29 is 4.79 Å². The highest BCUT2D eigenvalue weighted by Crippen LogP contribution is 2.29. The second kappa shape index (κ2) is 3.28. The summed E-state index contributed by atoms with van der Waals surface area (Å²) in [4.78, 5) is 11.0. The molecule has 1 aliphatic rings. The van der Waals surface area contributed by atoms with E-state index in [1.54, 1.807) is 0 Å². The van der Waals surface area contributed by atoms with Crippen molar-refractivity contribution in [3.63, 3.8) is 0 Å². The first-order valence-corrected chi connectivity index (χ1v) is 4.53. The number of nitrogens with one attached hydrogen (secondary N) is 1. The zero-order valence-electron chi connectivity index (χ0n) is 6.39. The minimum absolute atomic E-state index is 0.221. The van der Waals surface area contributed by atoms with Crippen LogP contribution in [0.4, 0.5) is 0 Å². The lowest BCUT2D eigenvalue weighted by molar-refractivity contribution is -0.120. The van der Waals surface area contributed by atoms with Crippen LogP contribution in [0, 0.1) is 5.92 Å². The molecule has 0 heterocycles. The Morgan fingerprint density at radius 3 is 2.60 bits per heavy atom. The molecule has 1 rings (SSSR count). The molecular weight excluding hydrogens is 146 g/mol. The van der Waals surface area contributed by atoms with Gasteiger partial charge in [0.15, 0.2) is 0 Å². The maximum absolute atomic E-state index is 11.0. The third kappa shape index (κ3) is 2.60. The van der Waals surface area contributed by atoms with E-state index in [0.29, 0.717) is 11.2 Å². The lowest BCUT2D eigenvalue weighted by atomic mass is 10.4. The second-order valence-electron chi connectivity index (χ2n) is 2.91. The van der Waals surface area contributed by atoms with Gasteiger partial charge in [-0.25, -0.2) is 0 Å². The molecule has 1 fully saturated rings. The van der Waals surface area contributed by atoms with E-state index in [9.17, 15) is 4.79 Å². The van der Waals surface area contributed by atoms with Crippen molar-refractivity contribution in [2.45, 2.75) is 31.9 Å². The van der Waals surface area contributed by atoms with Gasteiger partial charge in [0, 0.05) is 11.2 Å². The topological polar surface area (TPSA) is 29.1 Å². The van der Waals surface area contributed by atoms with Crippen LogP contribution in [0.25, 0.3) is 0 Å². The highest BCUT2D eigenvalue weighted by atomic mass is 32.2. The summed E-state index contributed by atoms with van der Waals surface area (Å²) in [6.45, 7) is 4.13. The average Bonchev–Trinajstić information content (AvgIpc) is 2.63. The van der Waals surface area contributed by atoms with Crippen molar-refractivity contribution in [3.8, 4) is 0 Å². The monoisotopic (exact) mass is 159 g/mol. The molecule has 0 spiro atoms. The molecule has 0 saturated heterocycles. The zero-order chi connectivity index (χ0) is 7.56. The Labute approximate surface area is 65.9 Å². The van der Waals surface area contributed by atoms with Crippen molar-refractivity contribution in [1.29, 1.82) is 0 Å². The predicted octanol–water partition coefficient (Wildman–Crippen LogP) is 1.57. The molecule has 1 saturated carbocycles. The fourth-order valence-corrected chi connectivity index (χ4v) is 1.12. The van der Waals surface area contributed by atoms with E-state index < -0.39 is 0 Å². The maximum Gasteiger partial charge on any atom is 0.232 e. The standard InChI is InChI=1S/C7H13NOS/c1-5(2)10-8-7(9)6-3-4-6/h5-6H,3-4H2,1-2H3,(H,8,9). The molecule has 58 valence electrons. The molecule has 3 heteroatoms. The van der Waals surface area contributed by atoms with Crippen LogP contribution in [-0.2, 0) is 4.79 Å². The van der Waals surface area contributed by atoms with Crippen molar-refractivity contribution in [1.82, 2.24) is 4.72 Å². The lowest BCUT2D eigenvalue weighted by Gasteiger charge is -2.04. The van der Waals surface area contributed by atoms with Crippen LogP contribution >= 0.6 is 11.9 Å². The molecule has 0 aliphatic heterocycles. The largest absolute Gasteiger partial charge is 0.300 e. The fourth-order valence-electron chi connectivity index (χ4n) is 0.605. The summed E-state index contributed by atoms with van der Waals surface area (Å²) in [6.07, 6.45) is 2.18. The minimum Gasteiger partial charge on any atom is -0.300 e. The summed E-state index contributed by atoms with van der Waals surface area (Å²) in [7, 11) is 0. The van der Waals surface area contributed by atoms with Gasteiger partial charge < -0.3 is 0 Å². The number of rotatable bonds is 3. The van der Waals surface area contributed by atoms with Gasteiger partial charge in [0.05, 0.1) is 0 Å². The van der Waals surface area contributed by atoms with Crippen molar-refractivity contribution in [2.75, 3.05) is 0 Å². The molecule has 10 heavy (non-hydrogen) atoms. The van der Waals surface area contributed by atoms with Crippen molar-refractivity contribution in [3.05, 3.63) is 0 Å². The molecule has 1 amide bonds. The van der Waals surface area contributed by atoms with E-state index in [1.807, 2.05) is 0 Å². The molecular formula is C7H13NOS. The summed E-state index contributed by atoms with van der Waals surface area (Å²) >= 11 is 1.51. The van der Waals surface area contributed by atoms with Crippen LogP contribution in [0.3, 0.4) is 0 Å². The maximum atomic E-state index is 11.0. The molecule has 1 N–H and O–H groups in total. The van der Waals surface area contributed by atoms with E-state index in [0.717, 1.165) is 12.8 Å². The normalized spacial score (nSPS) is 17.5. The Morgan fingerprint density at radius 1 is 1.60 bits per heavy atom. The second-order valence-corrected chi connectivity index (χ2v) is 4.29. The van der Waals surface area contributed by atoms with Gasteiger partial charge in [-0.2, -0.15) is 0 Å². The quantitative estimate of drug-likeness (QED) is 0.633. The van der Waals surface area contributed by atoms with E-state index in [1.165, 1.54) is 11.9 Å². The van der Waals surface area contributed by atoms with Gasteiger partial charge >= 0.3 is 0 Å². The molecule has 0 aromatic carbocycles. The van der Waals surface area contributed by atoms with Crippen LogP contribution in [0.15, 0.2) is 0 Å². The third-order valence-corrected chi connectivity index (χ3v) is 2.13. The number of hydrogen-bond donors (Lipinski definition) is 1. The first-order valence-electron chi connectivity index (χ1n) is 3.65. The Kier molecular flexibility index (Phi) is 2.60. The Balaban J connectivity index is 2.06. The molecule has 2 nitrogen and oxygen atoms in total. The minimum atomic E-state index is 0.221. The summed E-state index contributed by atoms with van der Waals surface area (Å²) in [5, 5.41) is 0.489. The zero-order valence-corrected chi connectivity index (χ0v) is 7.20. The molecule has 0 atom stereocenters. The van der Waals surface area contributed by atoms with Crippen LogP contribution < -0.4 is 4.72 Å². The number of carbonyl (C=O) groups is 1. The first kappa shape index (κ1) is 7.92. The van der Waals surface area contributed by atoms with E-state index >= 15 is 0 Å². The van der Waals surface area contributed by atoms with Crippen molar-refractivity contribution >= 4 is 17.9 Å². The number of amides is 1. The van der Waals surface area contributed by atoms with E-state index in [4.69, 9.17) is 0 Å². The summed E-state index contributed by atoms with van der Waals surface area (Å²) in [5.41, 5.74) is 0. The van der Waals surface area contributed by atoms with E-state index in [-0.39, 0.29) is 5.91 Å². The van der Waals surface area contributed by atoms with Crippen molar-refractivity contribution in [2.24, 2.45) is 5.92 Å². The fraction of sp³-hybridized carbons (Fsp3) is 0.857. The van der Waals surface area contributed by atoms with Crippen LogP contribution in [0.1, 0.15) is 26.7 Å². The summed E-state index contributed by atoms with van der Waals surface area (Å²) in [5.74, 6) is 0.560. The first-order chi connectivity index (χ1) is 4.70. The average molecular weight is 159 g/mol. The molecule has 0 aromatic rings. The van der Waals surface area contributed by atoms with Gasteiger partial charge in [-0.1, -0.05) is 13.8 Å². The smallest absolute Gasteiger partial charge is 0.232 e. The molecule has 1 aliphatic carbocycles.